The standard InChI is InChI=1S/C23H31N3O3/c1-24(2)14-20-18-11-17(19-4-3-5-22(27)26(19)20)12-25(13-18)23(28)16-6-7-21-15(10-16)8-9-29-21/h6-7,10,17-20H,3-5,8-9,11-14H2,1-2H3/t17-,18+,19+,20+/m1/s1. The predicted molar refractivity (Wildman–Crippen MR) is 110 cm³/mol. The van der Waals surface area contributed by atoms with E-state index in [9.17, 15) is 9.59 Å². The van der Waals surface area contributed by atoms with Gasteiger partial charge in [-0.05, 0) is 69.0 Å². The van der Waals surface area contributed by atoms with E-state index in [0.29, 0.717) is 36.8 Å². The topological polar surface area (TPSA) is 53.1 Å². The monoisotopic (exact) mass is 397 g/mol. The molecule has 156 valence electrons. The number of carbonyl (C=O) groups excluding carboxylic acids is 2. The van der Waals surface area contributed by atoms with Gasteiger partial charge in [0.1, 0.15) is 5.75 Å². The van der Waals surface area contributed by atoms with Crippen LogP contribution in [-0.4, -0.2) is 78.9 Å². The molecule has 29 heavy (non-hydrogen) atoms. The van der Waals surface area contributed by atoms with Crippen molar-refractivity contribution in [1.29, 1.82) is 0 Å². The first-order valence-corrected chi connectivity index (χ1v) is 11.0. The molecule has 3 saturated heterocycles. The molecule has 4 heterocycles. The van der Waals surface area contributed by atoms with Crippen LogP contribution in [0.3, 0.4) is 0 Å². The van der Waals surface area contributed by atoms with E-state index in [1.54, 1.807) is 0 Å². The fraction of sp³-hybridized carbons (Fsp3) is 0.652. The van der Waals surface area contributed by atoms with Crippen LogP contribution in [-0.2, 0) is 11.2 Å². The zero-order valence-electron chi connectivity index (χ0n) is 17.5. The van der Waals surface area contributed by atoms with Crippen molar-refractivity contribution in [3.63, 3.8) is 0 Å². The molecule has 4 aliphatic rings. The zero-order chi connectivity index (χ0) is 20.1. The highest BCUT2D eigenvalue weighted by Gasteiger charge is 2.50. The summed E-state index contributed by atoms with van der Waals surface area (Å²) in [4.78, 5) is 32.7. The highest BCUT2D eigenvalue weighted by molar-refractivity contribution is 5.94. The maximum atomic E-state index is 13.4. The number of piperidine rings is 3. The molecule has 4 aliphatic heterocycles. The summed E-state index contributed by atoms with van der Waals surface area (Å²) < 4.78 is 5.59. The first kappa shape index (κ1) is 18.9. The van der Waals surface area contributed by atoms with E-state index in [0.717, 1.165) is 62.2 Å². The van der Waals surface area contributed by atoms with E-state index in [1.807, 2.05) is 18.2 Å². The number of carbonyl (C=O) groups is 2. The Labute approximate surface area is 172 Å². The maximum Gasteiger partial charge on any atom is 0.253 e. The average Bonchev–Trinajstić information content (AvgIpc) is 3.18. The first-order valence-electron chi connectivity index (χ1n) is 11.0. The smallest absolute Gasteiger partial charge is 0.253 e. The molecule has 6 nitrogen and oxygen atoms in total. The van der Waals surface area contributed by atoms with Crippen LogP contribution in [0.1, 0.15) is 41.6 Å². The van der Waals surface area contributed by atoms with Gasteiger partial charge >= 0.3 is 0 Å². The van der Waals surface area contributed by atoms with Gasteiger partial charge < -0.3 is 19.4 Å². The molecule has 0 saturated carbocycles. The number of nitrogens with zero attached hydrogens (tertiary/aromatic N) is 3. The van der Waals surface area contributed by atoms with Crippen molar-refractivity contribution in [1.82, 2.24) is 14.7 Å². The van der Waals surface area contributed by atoms with Crippen LogP contribution >= 0.6 is 0 Å². The highest BCUT2D eigenvalue weighted by atomic mass is 16.5. The Morgan fingerprint density at radius 2 is 2.03 bits per heavy atom. The second-order valence-corrected chi connectivity index (χ2v) is 9.48. The lowest BCUT2D eigenvalue weighted by Gasteiger charge is -2.57. The van der Waals surface area contributed by atoms with Gasteiger partial charge in [0.2, 0.25) is 5.91 Å². The van der Waals surface area contributed by atoms with Crippen LogP contribution in [0.4, 0.5) is 0 Å². The van der Waals surface area contributed by atoms with Crippen LogP contribution < -0.4 is 4.74 Å². The van der Waals surface area contributed by atoms with Gasteiger partial charge in [-0.25, -0.2) is 0 Å². The molecule has 5 rings (SSSR count). The lowest BCUT2D eigenvalue weighted by molar-refractivity contribution is -0.152. The van der Waals surface area contributed by atoms with E-state index >= 15 is 0 Å². The molecule has 0 spiro atoms. The summed E-state index contributed by atoms with van der Waals surface area (Å²) >= 11 is 0. The van der Waals surface area contributed by atoms with Gasteiger partial charge in [-0.2, -0.15) is 0 Å². The molecule has 1 aromatic carbocycles. The van der Waals surface area contributed by atoms with Crippen molar-refractivity contribution in [2.45, 2.75) is 44.2 Å². The van der Waals surface area contributed by atoms with Gasteiger partial charge in [0.05, 0.1) is 6.61 Å². The Balaban J connectivity index is 1.40. The number of hydrogen-bond donors (Lipinski definition) is 0. The van der Waals surface area contributed by atoms with Gasteiger partial charge in [0, 0.05) is 50.1 Å². The lowest BCUT2D eigenvalue weighted by Crippen LogP contribution is -2.67. The minimum absolute atomic E-state index is 0.133. The fourth-order valence-electron chi connectivity index (χ4n) is 6.05. The molecule has 0 aromatic heterocycles. The van der Waals surface area contributed by atoms with Crippen LogP contribution in [0, 0.1) is 11.8 Å². The predicted octanol–water partition coefficient (Wildman–Crippen LogP) is 2.02. The Morgan fingerprint density at radius 1 is 1.21 bits per heavy atom. The molecule has 3 fully saturated rings. The van der Waals surface area contributed by atoms with Gasteiger partial charge in [-0.3, -0.25) is 9.59 Å². The van der Waals surface area contributed by atoms with Gasteiger partial charge in [0.15, 0.2) is 0 Å². The third-order valence-electron chi connectivity index (χ3n) is 7.27. The number of ether oxygens (including phenoxy) is 1. The Kier molecular flexibility index (Phi) is 4.77. The average molecular weight is 398 g/mol. The van der Waals surface area contributed by atoms with Gasteiger partial charge in [-0.1, -0.05) is 0 Å². The summed E-state index contributed by atoms with van der Waals surface area (Å²) in [5, 5.41) is 0. The third kappa shape index (κ3) is 3.31. The number of likely N-dealkylation sites (tertiary alicyclic amines) is 1. The van der Waals surface area contributed by atoms with Crippen LogP contribution in [0.5, 0.6) is 5.75 Å². The molecular weight excluding hydrogens is 366 g/mol. The van der Waals surface area contributed by atoms with Gasteiger partial charge in [0.25, 0.3) is 5.91 Å². The molecule has 6 heteroatoms. The summed E-state index contributed by atoms with van der Waals surface area (Å²) in [6, 6.07) is 6.37. The van der Waals surface area contributed by atoms with Crippen LogP contribution in [0.25, 0.3) is 0 Å². The molecular formula is C23H31N3O3. The normalized spacial score (nSPS) is 30.8. The molecule has 0 unspecified atom stereocenters. The van der Waals surface area contributed by atoms with Crippen LogP contribution in [0.15, 0.2) is 18.2 Å². The van der Waals surface area contributed by atoms with E-state index in [4.69, 9.17) is 4.74 Å². The second kappa shape index (κ2) is 7.31. The Bertz CT molecular complexity index is 824. The zero-order valence-corrected chi connectivity index (χ0v) is 17.5. The van der Waals surface area contributed by atoms with Crippen molar-refractivity contribution < 1.29 is 14.3 Å². The van der Waals surface area contributed by atoms with Crippen molar-refractivity contribution in [2.24, 2.45) is 11.8 Å². The van der Waals surface area contributed by atoms with Crippen LogP contribution in [0.2, 0.25) is 0 Å². The molecule has 4 atom stereocenters. The maximum absolute atomic E-state index is 13.4. The summed E-state index contributed by atoms with van der Waals surface area (Å²) in [6.07, 6.45) is 4.75. The fourth-order valence-corrected chi connectivity index (χ4v) is 6.05. The van der Waals surface area contributed by atoms with Crippen molar-refractivity contribution in [3.8, 4) is 5.75 Å². The summed E-state index contributed by atoms with van der Waals surface area (Å²) in [6.45, 7) is 3.10. The second-order valence-electron chi connectivity index (χ2n) is 9.48. The first-order chi connectivity index (χ1) is 14.0. The van der Waals surface area contributed by atoms with E-state index < -0.39 is 0 Å². The highest BCUT2D eigenvalue weighted by Crippen LogP contribution is 2.42. The number of amides is 2. The van der Waals surface area contributed by atoms with E-state index in [-0.39, 0.29) is 11.9 Å². The summed E-state index contributed by atoms with van der Waals surface area (Å²) in [5.41, 5.74) is 1.91. The number of benzene rings is 1. The van der Waals surface area contributed by atoms with Crippen molar-refractivity contribution in [2.75, 3.05) is 40.3 Å². The molecule has 1 aromatic rings. The van der Waals surface area contributed by atoms with Gasteiger partial charge in [-0.15, -0.1) is 0 Å². The van der Waals surface area contributed by atoms with Crippen molar-refractivity contribution >= 4 is 11.8 Å². The quantitative estimate of drug-likeness (QED) is 0.783. The molecule has 2 bridgehead atoms. The molecule has 0 radical (unpaired) electrons. The molecule has 0 N–H and O–H groups in total. The lowest BCUT2D eigenvalue weighted by atomic mass is 9.72. The number of rotatable bonds is 3. The molecule has 0 aliphatic carbocycles. The largest absolute Gasteiger partial charge is 0.493 e. The van der Waals surface area contributed by atoms with Crippen molar-refractivity contribution in [3.05, 3.63) is 29.3 Å². The minimum Gasteiger partial charge on any atom is -0.493 e. The van der Waals surface area contributed by atoms with E-state index in [1.165, 1.54) is 0 Å². The molecule has 2 amide bonds. The summed E-state index contributed by atoms with van der Waals surface area (Å²) in [7, 11) is 4.15. The number of hydrogen-bond acceptors (Lipinski definition) is 4. The third-order valence-corrected chi connectivity index (χ3v) is 7.27. The number of likely N-dealkylation sites (N-methyl/N-ethyl adjacent to an activating group) is 1. The summed E-state index contributed by atoms with van der Waals surface area (Å²) in [5.74, 6) is 2.13. The SMILES string of the molecule is CN(C)C[C@H]1[C@H]2C[C@H](CN(C(=O)c3ccc4c(c3)CCO4)C2)[C@@H]2CCCC(=O)N21. The number of fused-ring (bicyclic) bond motifs is 5. The van der Waals surface area contributed by atoms with E-state index in [2.05, 4.69) is 28.8 Å². The Hall–Kier alpha value is -2.08. The Morgan fingerprint density at radius 3 is 2.86 bits per heavy atom. The minimum atomic E-state index is 0.133.